The fourth-order valence-electron chi connectivity index (χ4n) is 4.63. The van der Waals surface area contributed by atoms with E-state index in [4.69, 9.17) is 0 Å². The molecule has 1 fully saturated rings. The van der Waals surface area contributed by atoms with Gasteiger partial charge >= 0.3 is 0 Å². The summed E-state index contributed by atoms with van der Waals surface area (Å²) in [5.41, 5.74) is 0.832. The Balaban J connectivity index is 1.50. The monoisotopic (exact) mass is 517 g/mol. The lowest BCUT2D eigenvalue weighted by Gasteiger charge is -2.32. The molecule has 2 heterocycles. The molecule has 9 nitrogen and oxygen atoms in total. The number of pyridine rings is 1. The van der Waals surface area contributed by atoms with Crippen LogP contribution in [0, 0.1) is 11.6 Å². The van der Waals surface area contributed by atoms with Crippen LogP contribution >= 0.6 is 0 Å². The number of tetrazole rings is 1. The molecule has 1 aliphatic rings. The van der Waals surface area contributed by atoms with Crippen molar-refractivity contribution in [2.75, 3.05) is 4.90 Å². The van der Waals surface area contributed by atoms with Crippen LogP contribution < -0.4 is 10.2 Å². The summed E-state index contributed by atoms with van der Waals surface area (Å²) in [5.74, 6) is -2.06. The van der Waals surface area contributed by atoms with E-state index in [2.05, 4.69) is 25.7 Å². The van der Waals surface area contributed by atoms with E-state index < -0.39 is 30.1 Å². The van der Waals surface area contributed by atoms with Crippen molar-refractivity contribution in [3.05, 3.63) is 90.3 Å². The van der Waals surface area contributed by atoms with Crippen LogP contribution in [0.15, 0.2) is 73.1 Å². The lowest BCUT2D eigenvalue weighted by atomic mass is 10.0. The average molecular weight is 518 g/mol. The Morgan fingerprint density at radius 1 is 1.03 bits per heavy atom. The minimum Gasteiger partial charge on any atom is -0.351 e. The zero-order valence-electron chi connectivity index (χ0n) is 20.4. The molecule has 5 rings (SSSR count). The van der Waals surface area contributed by atoms with E-state index >= 15 is 0 Å². The van der Waals surface area contributed by atoms with Crippen molar-refractivity contribution in [3.8, 4) is 11.4 Å². The number of nitrogens with zero attached hydrogens (tertiary/aromatic N) is 6. The van der Waals surface area contributed by atoms with Gasteiger partial charge in [0.05, 0.1) is 5.56 Å². The zero-order chi connectivity index (χ0) is 26.5. The molecular formula is C27H25F2N7O2. The molecule has 2 amide bonds. The first-order valence-electron chi connectivity index (χ1n) is 12.3. The average Bonchev–Trinajstić information content (AvgIpc) is 3.60. The standard InChI is InChI=1S/C27H25F2N7O2/c28-19-6-5-9-21(16-19)36(24(37)17-35-33-26(32-34-35)22-10-3-4-11-23(22)29)25(18-12-14-30-15-13-18)27(38)31-20-7-1-2-8-20/h3-6,9-16,20,25H,1-2,7-8,17H2,(H,31,38)/t25-/m1/s1. The number of carbonyl (C=O) groups is 2. The molecule has 0 radical (unpaired) electrons. The van der Waals surface area contributed by atoms with E-state index in [-0.39, 0.29) is 29.0 Å². The van der Waals surface area contributed by atoms with Crippen LogP contribution in [0.3, 0.4) is 0 Å². The quantitative estimate of drug-likeness (QED) is 0.381. The number of anilines is 1. The third-order valence-electron chi connectivity index (χ3n) is 6.43. The summed E-state index contributed by atoms with van der Waals surface area (Å²) in [4.78, 5) is 33.8. The maximum Gasteiger partial charge on any atom is 0.251 e. The molecule has 194 valence electrons. The van der Waals surface area contributed by atoms with Crippen molar-refractivity contribution in [3.63, 3.8) is 0 Å². The van der Waals surface area contributed by atoms with Crippen LogP contribution in [0.2, 0.25) is 0 Å². The summed E-state index contributed by atoms with van der Waals surface area (Å²) in [6, 6.07) is 13.6. The zero-order valence-corrected chi connectivity index (χ0v) is 20.4. The Bertz CT molecular complexity index is 1420. The van der Waals surface area contributed by atoms with E-state index in [1.807, 2.05) is 0 Å². The Morgan fingerprint density at radius 3 is 2.53 bits per heavy atom. The topological polar surface area (TPSA) is 106 Å². The highest BCUT2D eigenvalue weighted by Crippen LogP contribution is 2.30. The lowest BCUT2D eigenvalue weighted by molar-refractivity contribution is -0.127. The maximum atomic E-state index is 14.3. The highest BCUT2D eigenvalue weighted by atomic mass is 19.1. The van der Waals surface area contributed by atoms with Gasteiger partial charge in [0.1, 0.15) is 24.2 Å². The Hall–Kier alpha value is -4.54. The highest BCUT2D eigenvalue weighted by Gasteiger charge is 2.35. The molecule has 4 aromatic rings. The molecule has 1 N–H and O–H groups in total. The van der Waals surface area contributed by atoms with Gasteiger partial charge in [-0.1, -0.05) is 31.0 Å². The van der Waals surface area contributed by atoms with Gasteiger partial charge < -0.3 is 5.32 Å². The molecule has 0 bridgehead atoms. The smallest absolute Gasteiger partial charge is 0.251 e. The number of amides is 2. The number of nitrogens with one attached hydrogen (secondary N) is 1. The summed E-state index contributed by atoms with van der Waals surface area (Å²) >= 11 is 0. The van der Waals surface area contributed by atoms with Gasteiger partial charge in [-0.05, 0) is 66.1 Å². The second-order valence-electron chi connectivity index (χ2n) is 9.04. The number of aromatic nitrogens is 5. The number of carbonyl (C=O) groups excluding carboxylic acids is 2. The Labute approximate surface area is 217 Å². The van der Waals surface area contributed by atoms with Gasteiger partial charge in [-0.25, -0.2) is 8.78 Å². The van der Waals surface area contributed by atoms with Crippen molar-refractivity contribution in [2.24, 2.45) is 0 Å². The van der Waals surface area contributed by atoms with Crippen molar-refractivity contribution < 1.29 is 18.4 Å². The van der Waals surface area contributed by atoms with Gasteiger partial charge in [0.2, 0.25) is 11.7 Å². The first kappa shape index (κ1) is 25.1. The largest absolute Gasteiger partial charge is 0.351 e. The molecular weight excluding hydrogens is 492 g/mol. The normalized spacial score (nSPS) is 14.3. The molecule has 1 saturated carbocycles. The van der Waals surface area contributed by atoms with Crippen LogP contribution in [0.4, 0.5) is 14.5 Å². The van der Waals surface area contributed by atoms with E-state index in [0.29, 0.717) is 5.56 Å². The van der Waals surface area contributed by atoms with E-state index in [9.17, 15) is 18.4 Å². The van der Waals surface area contributed by atoms with Crippen LogP contribution in [0.25, 0.3) is 11.4 Å². The molecule has 0 saturated heterocycles. The van der Waals surface area contributed by atoms with Crippen molar-refractivity contribution >= 4 is 17.5 Å². The molecule has 2 aromatic heterocycles. The predicted octanol–water partition coefficient (Wildman–Crippen LogP) is 3.85. The number of hydrogen-bond acceptors (Lipinski definition) is 6. The maximum absolute atomic E-state index is 14.3. The summed E-state index contributed by atoms with van der Waals surface area (Å²) in [7, 11) is 0. The second-order valence-corrected chi connectivity index (χ2v) is 9.04. The molecule has 2 aromatic carbocycles. The summed E-state index contributed by atoms with van der Waals surface area (Å²) in [6.07, 6.45) is 6.78. The predicted molar refractivity (Wildman–Crippen MR) is 134 cm³/mol. The minimum atomic E-state index is -1.11. The van der Waals surface area contributed by atoms with Gasteiger partial charge in [0, 0.05) is 24.1 Å². The van der Waals surface area contributed by atoms with Crippen molar-refractivity contribution in [2.45, 2.75) is 44.3 Å². The number of halogens is 2. The van der Waals surface area contributed by atoms with Crippen LogP contribution in [0.1, 0.15) is 37.3 Å². The minimum absolute atomic E-state index is 0.00314. The van der Waals surface area contributed by atoms with E-state index in [0.717, 1.165) is 30.5 Å². The first-order valence-corrected chi connectivity index (χ1v) is 12.3. The van der Waals surface area contributed by atoms with Gasteiger partial charge in [-0.2, -0.15) is 4.80 Å². The van der Waals surface area contributed by atoms with Gasteiger partial charge in [-0.15, -0.1) is 10.2 Å². The third-order valence-corrected chi connectivity index (χ3v) is 6.43. The van der Waals surface area contributed by atoms with Gasteiger partial charge in [-0.3, -0.25) is 19.5 Å². The molecule has 0 spiro atoms. The van der Waals surface area contributed by atoms with Crippen molar-refractivity contribution in [1.29, 1.82) is 0 Å². The van der Waals surface area contributed by atoms with Crippen molar-refractivity contribution in [1.82, 2.24) is 30.5 Å². The summed E-state index contributed by atoms with van der Waals surface area (Å²) < 4.78 is 28.5. The second kappa shape index (κ2) is 11.2. The fraction of sp³-hybridized carbons (Fsp3) is 0.259. The number of benzene rings is 2. The number of hydrogen-bond donors (Lipinski definition) is 1. The number of rotatable bonds is 8. The van der Waals surface area contributed by atoms with E-state index in [1.54, 1.807) is 30.3 Å². The lowest BCUT2D eigenvalue weighted by Crippen LogP contribution is -2.47. The molecule has 1 aliphatic carbocycles. The van der Waals surface area contributed by atoms with Gasteiger partial charge in [0.15, 0.2) is 0 Å². The summed E-state index contributed by atoms with van der Waals surface area (Å²) in [6.45, 7) is -0.420. The SMILES string of the molecule is O=C(NC1CCCC1)[C@@H](c1ccncc1)N(C(=O)Cn1nnc(-c2ccccc2F)n1)c1cccc(F)c1. The van der Waals surface area contributed by atoms with Crippen LogP contribution in [-0.4, -0.2) is 43.0 Å². The molecule has 11 heteroatoms. The Morgan fingerprint density at radius 2 is 1.79 bits per heavy atom. The van der Waals surface area contributed by atoms with Crippen LogP contribution in [-0.2, 0) is 16.1 Å². The molecule has 0 aliphatic heterocycles. The fourth-order valence-corrected chi connectivity index (χ4v) is 4.63. The molecule has 38 heavy (non-hydrogen) atoms. The molecule has 1 atom stereocenters. The van der Waals surface area contributed by atoms with E-state index in [1.165, 1.54) is 47.6 Å². The summed E-state index contributed by atoms with van der Waals surface area (Å²) in [5, 5.41) is 15.0. The highest BCUT2D eigenvalue weighted by molar-refractivity contribution is 6.01. The molecule has 0 unspecified atom stereocenters. The first-order chi connectivity index (χ1) is 18.5. The third kappa shape index (κ3) is 5.56. The Kier molecular flexibility index (Phi) is 7.43. The van der Waals surface area contributed by atoms with Gasteiger partial charge in [0.25, 0.3) is 5.91 Å². The van der Waals surface area contributed by atoms with Crippen LogP contribution in [0.5, 0.6) is 0 Å².